The normalized spacial score (nSPS) is 15.9. The molecule has 1 aromatic heterocycles. The lowest BCUT2D eigenvalue weighted by atomic mass is 9.72. The Hall–Kier alpha value is -2.98. The molecule has 9 nitrogen and oxygen atoms in total. The number of aromatic nitrogens is 1. The van der Waals surface area contributed by atoms with Crippen LogP contribution in [0.5, 0.6) is 5.75 Å². The average Bonchev–Trinajstić information content (AvgIpc) is 2.80. The molecule has 2 aromatic rings. The van der Waals surface area contributed by atoms with Crippen molar-refractivity contribution in [1.29, 1.82) is 0 Å². The van der Waals surface area contributed by atoms with E-state index in [1.807, 2.05) is 33.2 Å². The standard InChI is InChI=1S/C26H31NO6.C2H7N.H2O.2H2/c1-15-4-3-8-27-26(15)19-5-6-22(31)25-20(19)12-17(13-24(25)33)11-18(7-9-28)21(14-29)23(32)10-16(2)30;1-3-2;;;/h3-6,8,17-18,21,28-29,31H,7,9-14H2,1-2H3;3H,1-2H3;1H2;2*1H. The highest BCUT2D eigenvalue weighted by atomic mass is 16.3. The van der Waals surface area contributed by atoms with Crippen LogP contribution in [0.3, 0.4) is 0 Å². The first-order chi connectivity index (χ1) is 17.2. The van der Waals surface area contributed by atoms with Crippen LogP contribution in [-0.2, 0) is 16.0 Å². The number of carbonyl (C=O) groups excluding carboxylic acids is 3. The quantitative estimate of drug-likeness (QED) is 0.347. The Labute approximate surface area is 221 Å². The summed E-state index contributed by atoms with van der Waals surface area (Å²) in [5.41, 5.74) is 3.55. The number of rotatable bonds is 10. The van der Waals surface area contributed by atoms with Gasteiger partial charge in [-0.2, -0.15) is 0 Å². The van der Waals surface area contributed by atoms with Gasteiger partial charge in [-0.25, -0.2) is 0 Å². The molecule has 0 saturated heterocycles. The highest BCUT2D eigenvalue weighted by molar-refractivity contribution is 6.03. The van der Waals surface area contributed by atoms with Crippen LogP contribution in [0.25, 0.3) is 11.3 Å². The molecule has 0 aliphatic heterocycles. The Morgan fingerprint density at radius 3 is 2.43 bits per heavy atom. The van der Waals surface area contributed by atoms with Crippen LogP contribution < -0.4 is 5.32 Å². The second-order valence-electron chi connectivity index (χ2n) is 9.49. The number of aliphatic hydroxyl groups is 2. The van der Waals surface area contributed by atoms with E-state index in [1.165, 1.54) is 13.0 Å². The summed E-state index contributed by atoms with van der Waals surface area (Å²) in [5.74, 6) is -2.09. The summed E-state index contributed by atoms with van der Waals surface area (Å²) in [4.78, 5) is 41.5. The van der Waals surface area contributed by atoms with Gasteiger partial charge in [0.25, 0.3) is 0 Å². The van der Waals surface area contributed by atoms with Gasteiger partial charge in [-0.05, 0) is 88.4 Å². The molecule has 3 atom stereocenters. The van der Waals surface area contributed by atoms with Crippen molar-refractivity contribution in [2.24, 2.45) is 17.8 Å². The van der Waals surface area contributed by atoms with E-state index in [4.69, 9.17) is 0 Å². The molecule has 0 spiro atoms. The minimum Gasteiger partial charge on any atom is -0.507 e. The minimum absolute atomic E-state index is 0. The van der Waals surface area contributed by atoms with E-state index in [0.29, 0.717) is 24.8 Å². The van der Waals surface area contributed by atoms with Crippen molar-refractivity contribution in [3.05, 3.63) is 47.2 Å². The molecule has 0 fully saturated rings. The molecule has 1 aromatic carbocycles. The number of aryl methyl sites for hydroxylation is 1. The number of fused-ring (bicyclic) bond motifs is 1. The summed E-state index contributed by atoms with van der Waals surface area (Å²) in [6, 6.07) is 7.08. The third-order valence-corrected chi connectivity index (χ3v) is 6.54. The first-order valence-electron chi connectivity index (χ1n) is 12.3. The number of aromatic hydroxyl groups is 1. The van der Waals surface area contributed by atoms with Gasteiger partial charge >= 0.3 is 0 Å². The Bertz CT molecular complexity index is 1080. The fourth-order valence-corrected chi connectivity index (χ4v) is 5.01. The SMILES string of the molecule is CC(=O)CC(=O)C(CO)C(CCO)CC1CC(=O)c2c(O)ccc(-c3ncccc3C)c2C1.CNC.O.[HH].[HH]. The monoisotopic (exact) mass is 520 g/mol. The molecule has 6 N–H and O–H groups in total. The number of Topliss-reactive ketones (excluding diaryl/α,β-unsaturated/α-hetero) is 3. The molecule has 1 aliphatic rings. The van der Waals surface area contributed by atoms with Crippen LogP contribution in [-0.4, -0.2) is 70.4 Å². The van der Waals surface area contributed by atoms with E-state index in [9.17, 15) is 29.7 Å². The van der Waals surface area contributed by atoms with Gasteiger partial charge in [0.15, 0.2) is 5.78 Å². The first kappa shape index (κ1) is 32.0. The second kappa shape index (κ2) is 15.3. The van der Waals surface area contributed by atoms with Crippen LogP contribution in [0, 0.1) is 24.7 Å². The number of nitrogens with one attached hydrogen (secondary N) is 1. The van der Waals surface area contributed by atoms with Crippen molar-refractivity contribution < 1.29 is 38.0 Å². The summed E-state index contributed by atoms with van der Waals surface area (Å²) in [5, 5.41) is 32.6. The van der Waals surface area contributed by atoms with Gasteiger partial charge in [-0.15, -0.1) is 0 Å². The van der Waals surface area contributed by atoms with E-state index in [0.717, 1.165) is 22.4 Å². The third kappa shape index (κ3) is 8.26. The number of phenolic OH excluding ortho intramolecular Hbond substituents is 1. The number of aliphatic hydroxyl groups excluding tert-OH is 2. The zero-order valence-corrected chi connectivity index (χ0v) is 22.1. The van der Waals surface area contributed by atoms with Crippen LogP contribution in [0.4, 0.5) is 0 Å². The molecular weight excluding hydrogens is 476 g/mol. The molecule has 1 aliphatic carbocycles. The number of carbonyl (C=O) groups is 3. The van der Waals surface area contributed by atoms with Crippen molar-refractivity contribution in [2.45, 2.75) is 46.0 Å². The number of hydrogen-bond donors (Lipinski definition) is 4. The largest absolute Gasteiger partial charge is 0.507 e. The number of nitrogens with zero attached hydrogens (tertiary/aromatic N) is 1. The van der Waals surface area contributed by atoms with Crippen LogP contribution in [0.2, 0.25) is 0 Å². The first-order valence-corrected chi connectivity index (χ1v) is 12.3. The zero-order chi connectivity index (χ0) is 26.8. The lowest BCUT2D eigenvalue weighted by Gasteiger charge is -2.31. The van der Waals surface area contributed by atoms with Crippen LogP contribution in [0.1, 0.15) is 56.9 Å². The molecule has 208 valence electrons. The van der Waals surface area contributed by atoms with Gasteiger partial charge in [-0.1, -0.05) is 6.07 Å². The summed E-state index contributed by atoms with van der Waals surface area (Å²) in [6.07, 6.45) is 2.87. The zero-order valence-electron chi connectivity index (χ0n) is 22.1. The maximum Gasteiger partial charge on any atom is 0.167 e. The predicted molar refractivity (Wildman–Crippen MR) is 146 cm³/mol. The molecule has 0 amide bonds. The lowest BCUT2D eigenvalue weighted by Crippen LogP contribution is -2.32. The predicted octanol–water partition coefficient (Wildman–Crippen LogP) is 2.56. The van der Waals surface area contributed by atoms with Crippen molar-refractivity contribution >= 4 is 17.3 Å². The number of pyridine rings is 1. The highest BCUT2D eigenvalue weighted by Crippen LogP contribution is 2.41. The lowest BCUT2D eigenvalue weighted by molar-refractivity contribution is -0.131. The Morgan fingerprint density at radius 1 is 1.19 bits per heavy atom. The maximum atomic E-state index is 13.1. The molecule has 3 unspecified atom stereocenters. The minimum atomic E-state index is -0.765. The van der Waals surface area contributed by atoms with Crippen molar-refractivity contribution in [3.63, 3.8) is 0 Å². The molecule has 0 bridgehead atoms. The van der Waals surface area contributed by atoms with Crippen LogP contribution in [0.15, 0.2) is 30.5 Å². The molecular formula is C28H44N2O7. The average molecular weight is 521 g/mol. The van der Waals surface area contributed by atoms with Crippen molar-refractivity contribution in [3.8, 4) is 17.0 Å². The number of ketones is 3. The number of hydrogen-bond acceptors (Lipinski definition) is 8. The van der Waals surface area contributed by atoms with Crippen molar-refractivity contribution in [1.82, 2.24) is 10.3 Å². The highest BCUT2D eigenvalue weighted by Gasteiger charge is 2.35. The van der Waals surface area contributed by atoms with Crippen LogP contribution >= 0.6 is 0 Å². The van der Waals surface area contributed by atoms with E-state index in [-0.39, 0.29) is 62.7 Å². The van der Waals surface area contributed by atoms with E-state index in [1.54, 1.807) is 12.3 Å². The summed E-state index contributed by atoms with van der Waals surface area (Å²) in [6.45, 7) is 2.70. The van der Waals surface area contributed by atoms with Gasteiger partial charge in [0.05, 0.1) is 24.3 Å². The molecule has 1 heterocycles. The van der Waals surface area contributed by atoms with Gasteiger partial charge in [-0.3, -0.25) is 19.4 Å². The van der Waals surface area contributed by atoms with Gasteiger partial charge in [0.1, 0.15) is 17.3 Å². The Morgan fingerprint density at radius 2 is 1.86 bits per heavy atom. The molecule has 0 radical (unpaired) electrons. The fourth-order valence-electron chi connectivity index (χ4n) is 5.01. The molecule has 0 saturated carbocycles. The van der Waals surface area contributed by atoms with E-state index >= 15 is 0 Å². The second-order valence-corrected chi connectivity index (χ2v) is 9.49. The Balaban J connectivity index is 0. The number of phenols is 1. The number of benzene rings is 1. The van der Waals surface area contributed by atoms with Gasteiger partial charge in [0, 0.05) is 33.6 Å². The summed E-state index contributed by atoms with van der Waals surface area (Å²) >= 11 is 0. The molecule has 9 heteroatoms. The van der Waals surface area contributed by atoms with E-state index in [2.05, 4.69) is 10.3 Å². The van der Waals surface area contributed by atoms with Gasteiger partial charge in [0.2, 0.25) is 0 Å². The van der Waals surface area contributed by atoms with Crippen molar-refractivity contribution in [2.75, 3.05) is 27.3 Å². The third-order valence-electron chi connectivity index (χ3n) is 6.54. The van der Waals surface area contributed by atoms with E-state index < -0.39 is 12.5 Å². The summed E-state index contributed by atoms with van der Waals surface area (Å²) in [7, 11) is 3.75. The Kier molecular flexibility index (Phi) is 13.3. The smallest absolute Gasteiger partial charge is 0.167 e. The molecule has 3 rings (SSSR count). The summed E-state index contributed by atoms with van der Waals surface area (Å²) < 4.78 is 0. The molecule has 37 heavy (non-hydrogen) atoms. The topological polar surface area (TPSA) is 168 Å². The van der Waals surface area contributed by atoms with Gasteiger partial charge < -0.3 is 26.1 Å². The fraction of sp³-hybridized carbons (Fsp3) is 0.500. The maximum absolute atomic E-state index is 13.1.